The molecule has 0 radical (unpaired) electrons. The largest absolute Gasteiger partial charge is 0.573 e. The Morgan fingerprint density at radius 2 is 0.538 bits per heavy atom. The summed E-state index contributed by atoms with van der Waals surface area (Å²) in [4.78, 5) is 0. The van der Waals surface area contributed by atoms with Crippen molar-refractivity contribution in [1.29, 1.82) is 0 Å². The third kappa shape index (κ3) is 32.4. The average Bonchev–Trinajstić information content (AvgIpc) is 3.41. The van der Waals surface area contributed by atoms with Crippen LogP contribution >= 0.6 is 87.2 Å². The molecule has 0 N–H and O–H groups in total. The summed E-state index contributed by atoms with van der Waals surface area (Å²) in [5.74, 6) is 13.9. The van der Waals surface area contributed by atoms with Gasteiger partial charge in [-0.2, -0.15) is 0 Å². The van der Waals surface area contributed by atoms with Crippen LogP contribution in [0.5, 0.6) is 0 Å². The maximum absolute atomic E-state index is 6.23. The first-order valence-corrected chi connectivity index (χ1v) is 48.9. The van der Waals surface area contributed by atoms with Crippen molar-refractivity contribution in [1.82, 2.24) is 0 Å². The summed E-state index contributed by atoms with van der Waals surface area (Å²) in [6.07, 6.45) is 17.9. The molecular weight excluding hydrogens is 1210 g/mol. The van der Waals surface area contributed by atoms with E-state index in [1.54, 1.807) is 0 Å². The summed E-state index contributed by atoms with van der Waals surface area (Å²) in [6.45, 7) is 32.2. The maximum Gasteiger partial charge on any atom is 0.573 e. The van der Waals surface area contributed by atoms with Crippen molar-refractivity contribution >= 4 is 121 Å². The van der Waals surface area contributed by atoms with Gasteiger partial charge in [-0.3, -0.25) is 0 Å². The lowest BCUT2D eigenvalue weighted by molar-refractivity contribution is 0.0704. The fourth-order valence-corrected chi connectivity index (χ4v) is 33.9. The van der Waals surface area contributed by atoms with Gasteiger partial charge in [-0.15, -0.1) is 0 Å². The molecule has 2 saturated carbocycles. The van der Waals surface area contributed by atoms with Crippen molar-refractivity contribution in [3.8, 4) is 0 Å². The zero-order valence-corrected chi connectivity index (χ0v) is 61.6. The fourth-order valence-electron chi connectivity index (χ4n) is 11.0. The minimum atomic E-state index is -2.72. The van der Waals surface area contributed by atoms with Gasteiger partial charge in [0.1, 0.15) is 0 Å². The number of rotatable bonds is 55. The smallest absolute Gasteiger partial charge is 0.374 e. The zero-order valence-electron chi connectivity index (χ0n) is 51.1. The molecule has 0 spiro atoms. The molecule has 2 aliphatic carbocycles. The zero-order chi connectivity index (χ0) is 57.1. The Morgan fingerprint density at radius 1 is 0.282 bits per heavy atom. The van der Waals surface area contributed by atoms with E-state index in [0.717, 1.165) is 83.4 Å². The lowest BCUT2D eigenvalue weighted by Gasteiger charge is -2.37. The van der Waals surface area contributed by atoms with E-state index in [0.29, 0.717) is 79.3 Å². The second kappa shape index (κ2) is 49.1. The van der Waals surface area contributed by atoms with Gasteiger partial charge < -0.3 is 53.1 Å². The van der Waals surface area contributed by atoms with Crippen LogP contribution in [0.3, 0.4) is 0 Å². The van der Waals surface area contributed by atoms with Crippen molar-refractivity contribution in [2.45, 2.75) is 185 Å². The highest BCUT2D eigenvalue weighted by Crippen LogP contribution is 2.45. The first kappa shape index (κ1) is 77.3. The molecule has 2 rings (SSSR count). The Labute approximate surface area is 515 Å². The van der Waals surface area contributed by atoms with E-state index in [-0.39, 0.29) is 0 Å². The molecule has 2 fully saturated rings. The molecule has 2 aliphatic rings. The van der Waals surface area contributed by atoms with Gasteiger partial charge in [0.25, 0.3) is 0 Å². The molecule has 0 aromatic rings. The van der Waals surface area contributed by atoms with Gasteiger partial charge in [0, 0.05) is 126 Å². The Bertz CT molecular complexity index is 1230. The number of hydrogen-bond donors (Lipinski definition) is 0. The van der Waals surface area contributed by atoms with Crippen LogP contribution in [0.15, 0.2) is 0 Å². The lowest BCUT2D eigenvalue weighted by Crippen LogP contribution is -2.46. The summed E-state index contributed by atoms with van der Waals surface area (Å²) >= 11 is 3.69. The molecule has 0 bridgehead atoms. The highest BCUT2D eigenvalue weighted by molar-refractivity contribution is 8.77. The molecule has 0 aliphatic heterocycles. The van der Waals surface area contributed by atoms with Gasteiger partial charge in [-0.1, -0.05) is 100 Å². The molecule has 6 unspecified atom stereocenters. The highest BCUT2D eigenvalue weighted by Gasteiger charge is 2.45. The Hall–Kier alpha value is 3.19. The quantitative estimate of drug-likeness (QED) is 0.0327. The van der Waals surface area contributed by atoms with Crippen molar-refractivity contribution in [2.24, 2.45) is 35.5 Å². The molecule has 12 nitrogen and oxygen atoms in total. The molecule has 6 atom stereocenters. The SMILES string of the molecule is CCO[Si](CCCSSCCC1CC(CCSSCCC2CCC(CCS[Si](OCC)(OCC)OCC)C(CCSSCCC[Si](OCC)(OCC)OCC)C2)CCC1CCS[Si](OCC)(OCC)OCC)(OCC)OCC. The van der Waals surface area contributed by atoms with Crippen LogP contribution in [0.25, 0.3) is 0 Å². The van der Waals surface area contributed by atoms with Crippen LogP contribution < -0.4 is 0 Å². The van der Waals surface area contributed by atoms with E-state index in [1.807, 2.05) is 85.6 Å². The van der Waals surface area contributed by atoms with E-state index in [4.69, 9.17) is 53.1 Å². The predicted molar refractivity (Wildman–Crippen MR) is 357 cm³/mol. The van der Waals surface area contributed by atoms with Crippen LogP contribution in [0, 0.1) is 35.5 Å². The minimum Gasteiger partial charge on any atom is -0.374 e. The minimum absolute atomic E-state index is 0.624. The van der Waals surface area contributed by atoms with Crippen molar-refractivity contribution < 1.29 is 53.1 Å². The van der Waals surface area contributed by atoms with Gasteiger partial charge in [-0.25, -0.2) is 0 Å². The second-order valence-corrected chi connectivity index (χ2v) is 43.0. The molecule has 0 aromatic carbocycles. The van der Waals surface area contributed by atoms with E-state index in [1.165, 1.54) is 100 Å². The molecule has 0 heterocycles. The van der Waals surface area contributed by atoms with Gasteiger partial charge in [0.05, 0.1) is 0 Å². The van der Waals surface area contributed by atoms with Crippen LogP contribution in [-0.4, -0.2) is 159 Å². The Kier molecular flexibility index (Phi) is 48.7. The Balaban J connectivity index is 1.96. The molecule has 24 heteroatoms. The van der Waals surface area contributed by atoms with Gasteiger partial charge in [0.2, 0.25) is 0 Å². The molecule has 78 heavy (non-hydrogen) atoms. The van der Waals surface area contributed by atoms with Crippen molar-refractivity contribution in [3.05, 3.63) is 0 Å². The third-order valence-electron chi connectivity index (χ3n) is 14.2. The van der Waals surface area contributed by atoms with E-state index < -0.39 is 33.5 Å². The first-order valence-electron chi connectivity index (χ1n) is 30.7. The normalized spacial score (nSPS) is 20.8. The van der Waals surface area contributed by atoms with Crippen LogP contribution in [0.4, 0.5) is 0 Å². The lowest BCUT2D eigenvalue weighted by atomic mass is 9.71. The highest BCUT2D eigenvalue weighted by atomic mass is 33.1. The summed E-state index contributed by atoms with van der Waals surface area (Å²) < 4.78 is 74.1. The van der Waals surface area contributed by atoms with E-state index in [2.05, 4.69) is 84.7 Å². The molecule has 466 valence electrons. The molecule has 0 amide bonds. The topological polar surface area (TPSA) is 111 Å². The standard InChI is InChI=1S/C54H114O12S8Si4/c1-13-55-75(56-14-2,57-15-3)45-25-37-67-71-41-33-53-47-49(27-29-51(53)35-43-73-77(61-19-7,62-20-8)63-21-9)31-39-69-70-40-32-50-28-30-52(36-44-74-78(64-22-10,65-23-11)66-24-12)54(48-50)34-42-72-68-38-26-46-76(58-16-4,59-17-5)60-18-6/h49-54H,13-48H2,1-12H3. The predicted octanol–water partition coefficient (Wildman–Crippen LogP) is 17.0. The summed E-state index contributed by atoms with van der Waals surface area (Å²) in [7, 11) is 1.88. The summed E-state index contributed by atoms with van der Waals surface area (Å²) in [5, 5.41) is 0. The summed E-state index contributed by atoms with van der Waals surface area (Å²) in [5.41, 5.74) is 0. The molecular formula is C54H114O12S8Si4. The number of hydrogen-bond acceptors (Lipinski definition) is 20. The molecule has 0 aromatic heterocycles. The van der Waals surface area contributed by atoms with E-state index >= 15 is 0 Å². The average molecular weight is 1320 g/mol. The third-order valence-corrected chi connectivity index (χ3v) is 38.9. The van der Waals surface area contributed by atoms with Crippen LogP contribution in [0.1, 0.15) is 173 Å². The van der Waals surface area contributed by atoms with Gasteiger partial charge in [0.15, 0.2) is 0 Å². The van der Waals surface area contributed by atoms with Crippen molar-refractivity contribution in [3.63, 3.8) is 0 Å². The van der Waals surface area contributed by atoms with Gasteiger partial charge >= 0.3 is 33.5 Å². The van der Waals surface area contributed by atoms with Crippen LogP contribution in [-0.2, 0) is 53.1 Å². The molecule has 0 saturated heterocycles. The maximum atomic E-state index is 6.23. The second-order valence-electron chi connectivity index (χ2n) is 19.5. The van der Waals surface area contributed by atoms with Gasteiger partial charge in [-0.05, 0) is 207 Å². The summed E-state index contributed by atoms with van der Waals surface area (Å²) in [6, 6.07) is 1.78. The van der Waals surface area contributed by atoms with E-state index in [9.17, 15) is 0 Å². The van der Waals surface area contributed by atoms with Crippen molar-refractivity contribution in [2.75, 3.05) is 125 Å². The Morgan fingerprint density at radius 3 is 0.821 bits per heavy atom. The first-order chi connectivity index (χ1) is 38.0. The fraction of sp³-hybridized carbons (Fsp3) is 1.00. The van der Waals surface area contributed by atoms with Crippen LogP contribution in [0.2, 0.25) is 12.1 Å². The monoisotopic (exact) mass is 1320 g/mol.